The molecule has 3 rings (SSSR count). The Kier molecular flexibility index (Phi) is 2.58. The molecule has 0 amide bonds. The van der Waals surface area contributed by atoms with Crippen molar-refractivity contribution >= 4 is 5.82 Å². The van der Waals surface area contributed by atoms with E-state index >= 15 is 0 Å². The quantitative estimate of drug-likeness (QED) is 0.899. The van der Waals surface area contributed by atoms with Crippen molar-refractivity contribution in [3.63, 3.8) is 0 Å². The molecule has 102 valence electrons. The fourth-order valence-electron chi connectivity index (χ4n) is 1.98. The van der Waals surface area contributed by atoms with Gasteiger partial charge in [0, 0.05) is 11.3 Å². The fourth-order valence-corrected chi connectivity index (χ4v) is 1.98. The lowest BCUT2D eigenvalue weighted by Gasteiger charge is -2.11. The van der Waals surface area contributed by atoms with Gasteiger partial charge in [-0.15, -0.1) is 15.3 Å². The van der Waals surface area contributed by atoms with Crippen molar-refractivity contribution in [3.05, 3.63) is 17.5 Å². The number of aromatic nitrogens is 5. The number of nitrogen functional groups attached to an aromatic ring is 1. The highest BCUT2D eigenvalue weighted by atomic mass is 16.4. The lowest BCUT2D eigenvalue weighted by atomic mass is 9.97. The molecule has 0 saturated heterocycles. The van der Waals surface area contributed by atoms with Gasteiger partial charge in [0.25, 0.3) is 0 Å². The molecule has 0 bridgehead atoms. The van der Waals surface area contributed by atoms with Crippen LogP contribution in [-0.4, -0.2) is 25.2 Å². The summed E-state index contributed by atoms with van der Waals surface area (Å²) in [7, 11) is 0. The van der Waals surface area contributed by atoms with E-state index in [9.17, 15) is 0 Å². The first-order valence-electron chi connectivity index (χ1n) is 6.47. The van der Waals surface area contributed by atoms with E-state index in [2.05, 4.69) is 20.5 Å². The van der Waals surface area contributed by atoms with Crippen molar-refractivity contribution in [1.82, 2.24) is 25.2 Å². The molecule has 0 radical (unpaired) electrons. The zero-order valence-electron chi connectivity index (χ0n) is 11.4. The van der Waals surface area contributed by atoms with Crippen LogP contribution < -0.4 is 5.73 Å². The second-order valence-corrected chi connectivity index (χ2v) is 6.04. The van der Waals surface area contributed by atoms with Gasteiger partial charge in [-0.25, -0.2) is 4.68 Å². The van der Waals surface area contributed by atoms with E-state index in [0.29, 0.717) is 30.1 Å². The monoisotopic (exact) mass is 262 g/mol. The Morgan fingerprint density at radius 1 is 1.26 bits per heavy atom. The Morgan fingerprint density at radius 3 is 2.58 bits per heavy atom. The topological polar surface area (TPSA) is 95.7 Å². The maximum atomic E-state index is 5.85. The zero-order chi connectivity index (χ0) is 13.6. The third-order valence-electron chi connectivity index (χ3n) is 3.16. The van der Waals surface area contributed by atoms with Crippen molar-refractivity contribution in [2.75, 3.05) is 5.73 Å². The van der Waals surface area contributed by atoms with Crippen molar-refractivity contribution in [2.45, 2.75) is 51.5 Å². The summed E-state index contributed by atoms with van der Waals surface area (Å²) < 4.78 is 7.44. The van der Waals surface area contributed by atoms with Crippen LogP contribution in [0, 0.1) is 0 Å². The minimum absolute atomic E-state index is 0.147. The minimum atomic E-state index is -0.147. The highest BCUT2D eigenvalue weighted by molar-refractivity contribution is 5.38. The van der Waals surface area contributed by atoms with E-state index in [-0.39, 0.29) is 5.41 Å². The normalized spacial score (nSPS) is 15.9. The number of nitrogens with zero attached hydrogens (tertiary/aromatic N) is 5. The van der Waals surface area contributed by atoms with Gasteiger partial charge in [-0.1, -0.05) is 26.0 Å². The molecule has 1 saturated carbocycles. The van der Waals surface area contributed by atoms with Crippen LogP contribution in [0.1, 0.15) is 57.0 Å². The molecule has 2 aromatic heterocycles. The summed E-state index contributed by atoms with van der Waals surface area (Å²) in [6, 6.07) is 0. The van der Waals surface area contributed by atoms with Crippen molar-refractivity contribution < 1.29 is 4.42 Å². The number of hydrogen-bond donors (Lipinski definition) is 1. The molecule has 7 nitrogen and oxygen atoms in total. The summed E-state index contributed by atoms with van der Waals surface area (Å²) in [5.41, 5.74) is 6.70. The first kappa shape index (κ1) is 12.1. The van der Waals surface area contributed by atoms with Gasteiger partial charge in [0.15, 0.2) is 5.82 Å². The van der Waals surface area contributed by atoms with Crippen molar-refractivity contribution in [2.24, 2.45) is 0 Å². The molecule has 2 aromatic rings. The second-order valence-electron chi connectivity index (χ2n) is 6.04. The molecule has 0 aromatic carbocycles. The molecule has 19 heavy (non-hydrogen) atoms. The number of anilines is 1. The Balaban J connectivity index is 1.84. The summed E-state index contributed by atoms with van der Waals surface area (Å²) in [4.78, 5) is 0. The molecule has 7 heteroatoms. The predicted molar refractivity (Wildman–Crippen MR) is 68.5 cm³/mol. The van der Waals surface area contributed by atoms with E-state index in [4.69, 9.17) is 10.2 Å². The average molecular weight is 262 g/mol. The molecule has 1 aliphatic carbocycles. The van der Waals surface area contributed by atoms with Gasteiger partial charge in [-0.05, 0) is 12.8 Å². The number of nitrogens with two attached hydrogens (primary N) is 1. The standard InChI is InChI=1S/C12H18N6O/c1-12(2,3)11-16-14-8(19-11)6-18-9(7-4-5-7)10(13)15-17-18/h7H,4-6,13H2,1-3H3. The van der Waals surface area contributed by atoms with Crippen LogP contribution in [0.2, 0.25) is 0 Å². The summed E-state index contributed by atoms with van der Waals surface area (Å²) in [5.74, 6) is 2.17. The lowest BCUT2D eigenvalue weighted by Crippen LogP contribution is -2.11. The van der Waals surface area contributed by atoms with Crippen LogP contribution >= 0.6 is 0 Å². The highest BCUT2D eigenvalue weighted by Gasteiger charge is 2.31. The summed E-state index contributed by atoms with van der Waals surface area (Å²) in [6.45, 7) is 6.53. The van der Waals surface area contributed by atoms with Crippen LogP contribution in [0.5, 0.6) is 0 Å². The maximum Gasteiger partial charge on any atom is 0.238 e. The van der Waals surface area contributed by atoms with Gasteiger partial charge >= 0.3 is 0 Å². The molecular weight excluding hydrogens is 244 g/mol. The van der Waals surface area contributed by atoms with Gasteiger partial charge in [0.05, 0.1) is 5.69 Å². The lowest BCUT2D eigenvalue weighted by molar-refractivity contribution is 0.361. The summed E-state index contributed by atoms with van der Waals surface area (Å²) in [6.07, 6.45) is 2.29. The average Bonchev–Trinajstić information content (AvgIpc) is 2.91. The van der Waals surface area contributed by atoms with E-state index in [1.807, 2.05) is 20.8 Å². The Morgan fingerprint density at radius 2 is 2.00 bits per heavy atom. The first-order valence-corrected chi connectivity index (χ1v) is 6.47. The van der Waals surface area contributed by atoms with Crippen LogP contribution in [0.4, 0.5) is 5.82 Å². The van der Waals surface area contributed by atoms with Crippen LogP contribution in [0.3, 0.4) is 0 Å². The van der Waals surface area contributed by atoms with Gasteiger partial charge in [0.2, 0.25) is 11.8 Å². The predicted octanol–water partition coefficient (Wildman–Crippen LogP) is 1.47. The van der Waals surface area contributed by atoms with Gasteiger partial charge in [0.1, 0.15) is 6.54 Å². The smallest absolute Gasteiger partial charge is 0.238 e. The molecule has 0 atom stereocenters. The molecule has 0 aliphatic heterocycles. The van der Waals surface area contributed by atoms with Gasteiger partial charge in [-0.3, -0.25) is 0 Å². The molecule has 2 heterocycles. The highest BCUT2D eigenvalue weighted by Crippen LogP contribution is 2.42. The maximum absolute atomic E-state index is 5.85. The second kappa shape index (κ2) is 4.04. The third-order valence-corrected chi connectivity index (χ3v) is 3.16. The minimum Gasteiger partial charge on any atom is -0.423 e. The Hall–Kier alpha value is -1.92. The molecule has 2 N–H and O–H groups in total. The molecule has 0 spiro atoms. The zero-order valence-corrected chi connectivity index (χ0v) is 11.4. The molecular formula is C12H18N6O. The Bertz CT molecular complexity index is 590. The van der Waals surface area contributed by atoms with Gasteiger partial charge < -0.3 is 10.2 Å². The fraction of sp³-hybridized carbons (Fsp3) is 0.667. The third kappa shape index (κ3) is 2.32. The summed E-state index contributed by atoms with van der Waals surface area (Å²) in [5, 5.41) is 16.1. The summed E-state index contributed by atoms with van der Waals surface area (Å²) >= 11 is 0. The van der Waals surface area contributed by atoms with Crippen LogP contribution in [0.15, 0.2) is 4.42 Å². The van der Waals surface area contributed by atoms with E-state index in [1.165, 1.54) is 0 Å². The Labute approximate surface area is 111 Å². The van der Waals surface area contributed by atoms with E-state index < -0.39 is 0 Å². The SMILES string of the molecule is CC(C)(C)c1nnc(Cn2nnc(N)c2C2CC2)o1. The molecule has 1 fully saturated rings. The molecule has 1 aliphatic rings. The number of hydrogen-bond acceptors (Lipinski definition) is 6. The van der Waals surface area contributed by atoms with Gasteiger partial charge in [-0.2, -0.15) is 0 Å². The van der Waals surface area contributed by atoms with Crippen molar-refractivity contribution in [1.29, 1.82) is 0 Å². The van der Waals surface area contributed by atoms with Crippen molar-refractivity contribution in [3.8, 4) is 0 Å². The van der Waals surface area contributed by atoms with E-state index in [0.717, 1.165) is 18.5 Å². The van der Waals surface area contributed by atoms with E-state index in [1.54, 1.807) is 4.68 Å². The largest absolute Gasteiger partial charge is 0.423 e. The number of rotatable bonds is 3. The first-order chi connectivity index (χ1) is 8.95. The van der Waals surface area contributed by atoms with Crippen LogP contribution in [-0.2, 0) is 12.0 Å². The molecule has 0 unspecified atom stereocenters. The van der Waals surface area contributed by atoms with Crippen LogP contribution in [0.25, 0.3) is 0 Å².